The van der Waals surface area contributed by atoms with Crippen LogP contribution in [0, 0.1) is 11.3 Å². The van der Waals surface area contributed by atoms with Crippen molar-refractivity contribution in [3.8, 4) is 0 Å². The lowest BCUT2D eigenvalue weighted by atomic mass is 9.57. The fourth-order valence-corrected chi connectivity index (χ4v) is 3.75. The second kappa shape index (κ2) is 6.38. The van der Waals surface area contributed by atoms with Crippen LogP contribution >= 0.6 is 0 Å². The van der Waals surface area contributed by atoms with E-state index >= 15 is 0 Å². The van der Waals surface area contributed by atoms with Gasteiger partial charge in [-0.1, -0.05) is 33.1 Å². The van der Waals surface area contributed by atoms with Crippen LogP contribution in [0.15, 0.2) is 0 Å². The Morgan fingerprint density at radius 1 is 1.17 bits per heavy atom. The van der Waals surface area contributed by atoms with Crippen molar-refractivity contribution < 1.29 is 4.74 Å². The molecular formula is C16H31NO. The predicted octanol–water partition coefficient (Wildman–Crippen LogP) is 3.75. The third-order valence-corrected chi connectivity index (χ3v) is 5.24. The Bertz CT molecular complexity index is 245. The molecule has 2 atom stereocenters. The van der Waals surface area contributed by atoms with Gasteiger partial charge in [0.1, 0.15) is 0 Å². The predicted molar refractivity (Wildman–Crippen MR) is 76.8 cm³/mol. The Morgan fingerprint density at radius 2 is 1.89 bits per heavy atom. The van der Waals surface area contributed by atoms with E-state index < -0.39 is 0 Å². The number of hydrogen-bond acceptors (Lipinski definition) is 2. The lowest BCUT2D eigenvalue weighted by molar-refractivity contribution is 0.00104. The molecule has 2 aliphatic carbocycles. The van der Waals surface area contributed by atoms with Crippen molar-refractivity contribution >= 4 is 0 Å². The smallest absolute Gasteiger partial charge is 0.0622 e. The van der Waals surface area contributed by atoms with Crippen LogP contribution in [0.4, 0.5) is 0 Å². The maximum absolute atomic E-state index is 5.64. The highest BCUT2D eigenvalue weighted by atomic mass is 16.5. The Kier molecular flexibility index (Phi) is 5.08. The first-order valence-corrected chi connectivity index (χ1v) is 8.02. The van der Waals surface area contributed by atoms with Crippen LogP contribution in [-0.4, -0.2) is 25.3 Å². The molecule has 2 heteroatoms. The van der Waals surface area contributed by atoms with Gasteiger partial charge in [0.05, 0.1) is 6.61 Å². The molecule has 0 aromatic carbocycles. The van der Waals surface area contributed by atoms with Crippen molar-refractivity contribution in [3.63, 3.8) is 0 Å². The molecular weight excluding hydrogens is 222 g/mol. The first-order valence-electron chi connectivity index (χ1n) is 8.02. The van der Waals surface area contributed by atoms with Gasteiger partial charge in [-0.3, -0.25) is 0 Å². The number of ether oxygens (including phenoxy) is 1. The molecule has 106 valence electrons. The SMILES string of the molecule is CCOCC(NC1CCC12CCCCC2)C(C)C. The van der Waals surface area contributed by atoms with E-state index in [1.807, 2.05) is 0 Å². The molecule has 1 spiro atoms. The zero-order valence-corrected chi connectivity index (χ0v) is 12.5. The first kappa shape index (κ1) is 14.3. The van der Waals surface area contributed by atoms with Crippen LogP contribution in [0.25, 0.3) is 0 Å². The Balaban J connectivity index is 1.86. The van der Waals surface area contributed by atoms with Gasteiger partial charge in [-0.05, 0) is 43.9 Å². The van der Waals surface area contributed by atoms with E-state index in [4.69, 9.17) is 4.74 Å². The van der Waals surface area contributed by atoms with Crippen LogP contribution in [0.3, 0.4) is 0 Å². The number of hydrogen-bond donors (Lipinski definition) is 1. The summed E-state index contributed by atoms with van der Waals surface area (Å²) < 4.78 is 5.64. The molecule has 18 heavy (non-hydrogen) atoms. The van der Waals surface area contributed by atoms with E-state index in [1.54, 1.807) is 0 Å². The summed E-state index contributed by atoms with van der Waals surface area (Å²) in [4.78, 5) is 0. The third kappa shape index (κ3) is 3.08. The van der Waals surface area contributed by atoms with E-state index in [9.17, 15) is 0 Å². The zero-order chi connectivity index (χ0) is 13.0. The minimum atomic E-state index is 0.536. The molecule has 0 heterocycles. The molecule has 2 fully saturated rings. The fraction of sp³-hybridized carbons (Fsp3) is 1.00. The zero-order valence-electron chi connectivity index (χ0n) is 12.5. The molecule has 0 radical (unpaired) electrons. The average Bonchev–Trinajstić information content (AvgIpc) is 2.38. The molecule has 0 amide bonds. The maximum atomic E-state index is 5.64. The molecule has 0 aliphatic heterocycles. The summed E-state index contributed by atoms with van der Waals surface area (Å²) in [6, 6.07) is 1.31. The summed E-state index contributed by atoms with van der Waals surface area (Å²) >= 11 is 0. The summed E-state index contributed by atoms with van der Waals surface area (Å²) in [7, 11) is 0. The third-order valence-electron chi connectivity index (χ3n) is 5.24. The summed E-state index contributed by atoms with van der Waals surface area (Å²) in [5.41, 5.74) is 0.664. The molecule has 2 unspecified atom stereocenters. The van der Waals surface area contributed by atoms with Gasteiger partial charge in [-0.2, -0.15) is 0 Å². The lowest BCUT2D eigenvalue weighted by Gasteiger charge is -2.54. The first-order chi connectivity index (χ1) is 8.68. The summed E-state index contributed by atoms with van der Waals surface area (Å²) in [6.07, 6.45) is 10.1. The minimum absolute atomic E-state index is 0.536. The van der Waals surface area contributed by atoms with Crippen LogP contribution < -0.4 is 5.32 Å². The Hall–Kier alpha value is -0.0800. The second-order valence-electron chi connectivity index (χ2n) is 6.69. The van der Waals surface area contributed by atoms with Crippen LogP contribution in [0.1, 0.15) is 65.7 Å². The molecule has 0 saturated heterocycles. The van der Waals surface area contributed by atoms with Crippen molar-refractivity contribution in [3.05, 3.63) is 0 Å². The van der Waals surface area contributed by atoms with E-state index in [0.717, 1.165) is 19.3 Å². The van der Waals surface area contributed by atoms with E-state index in [0.29, 0.717) is 17.4 Å². The van der Waals surface area contributed by atoms with Gasteiger partial charge < -0.3 is 10.1 Å². The summed E-state index contributed by atoms with van der Waals surface area (Å²) in [6.45, 7) is 8.41. The van der Waals surface area contributed by atoms with E-state index in [-0.39, 0.29) is 0 Å². The molecule has 2 rings (SSSR count). The Morgan fingerprint density at radius 3 is 2.39 bits per heavy atom. The van der Waals surface area contributed by atoms with Gasteiger partial charge in [0.2, 0.25) is 0 Å². The van der Waals surface area contributed by atoms with Crippen molar-refractivity contribution in [1.82, 2.24) is 5.32 Å². The standard InChI is InChI=1S/C16H31NO/c1-4-18-12-14(13(2)3)17-15-8-11-16(15)9-6-5-7-10-16/h13-15,17H,4-12H2,1-3H3. The van der Waals surface area contributed by atoms with Crippen LogP contribution in [-0.2, 0) is 4.74 Å². The molecule has 2 aliphatic rings. The van der Waals surface area contributed by atoms with Crippen LogP contribution in [0.2, 0.25) is 0 Å². The summed E-state index contributed by atoms with van der Waals surface area (Å²) in [5.74, 6) is 0.665. The average molecular weight is 253 g/mol. The monoisotopic (exact) mass is 253 g/mol. The van der Waals surface area contributed by atoms with Gasteiger partial charge in [-0.25, -0.2) is 0 Å². The Labute approximate surface area is 113 Å². The largest absolute Gasteiger partial charge is 0.380 e. The highest BCUT2D eigenvalue weighted by Gasteiger charge is 2.47. The molecule has 0 aromatic rings. The maximum Gasteiger partial charge on any atom is 0.0622 e. The van der Waals surface area contributed by atoms with E-state index in [2.05, 4.69) is 26.1 Å². The summed E-state index contributed by atoms with van der Waals surface area (Å²) in [5, 5.41) is 3.92. The van der Waals surface area contributed by atoms with E-state index in [1.165, 1.54) is 44.9 Å². The fourth-order valence-electron chi connectivity index (χ4n) is 3.75. The quantitative estimate of drug-likeness (QED) is 0.778. The normalized spacial score (nSPS) is 28.3. The second-order valence-corrected chi connectivity index (χ2v) is 6.69. The topological polar surface area (TPSA) is 21.3 Å². The van der Waals surface area contributed by atoms with Gasteiger partial charge >= 0.3 is 0 Å². The molecule has 2 nitrogen and oxygen atoms in total. The van der Waals surface area contributed by atoms with Gasteiger partial charge in [-0.15, -0.1) is 0 Å². The van der Waals surface area contributed by atoms with Crippen molar-refractivity contribution in [2.75, 3.05) is 13.2 Å². The molecule has 2 saturated carbocycles. The highest BCUT2D eigenvalue weighted by molar-refractivity contribution is 5.02. The van der Waals surface area contributed by atoms with Gasteiger partial charge in [0.25, 0.3) is 0 Å². The number of rotatable bonds is 6. The highest BCUT2D eigenvalue weighted by Crippen LogP contribution is 2.51. The molecule has 0 aromatic heterocycles. The van der Waals surface area contributed by atoms with Crippen molar-refractivity contribution in [2.45, 2.75) is 77.8 Å². The van der Waals surface area contributed by atoms with Crippen LogP contribution in [0.5, 0.6) is 0 Å². The lowest BCUT2D eigenvalue weighted by Crippen LogP contribution is -2.58. The van der Waals surface area contributed by atoms with Gasteiger partial charge in [0.15, 0.2) is 0 Å². The molecule has 1 N–H and O–H groups in total. The minimum Gasteiger partial charge on any atom is -0.380 e. The molecule has 0 bridgehead atoms. The van der Waals surface area contributed by atoms with Gasteiger partial charge in [0, 0.05) is 18.7 Å². The van der Waals surface area contributed by atoms with Crippen molar-refractivity contribution in [1.29, 1.82) is 0 Å². The van der Waals surface area contributed by atoms with Crippen molar-refractivity contribution in [2.24, 2.45) is 11.3 Å². The number of nitrogens with one attached hydrogen (secondary N) is 1.